The summed E-state index contributed by atoms with van der Waals surface area (Å²) in [7, 11) is 0. The molecule has 3 saturated heterocycles. The third kappa shape index (κ3) is 2.61. The molecule has 5 nitrogen and oxygen atoms in total. The number of ether oxygens (including phenoxy) is 3. The number of unbranched alkanes of at least 4 members (excludes halogenated alkanes) is 4. The van der Waals surface area contributed by atoms with E-state index >= 15 is 0 Å². The monoisotopic (exact) mass is 296 g/mol. The number of hydrogen-bond donors (Lipinski definition) is 0. The van der Waals surface area contributed by atoms with Crippen molar-refractivity contribution in [1.82, 2.24) is 0 Å². The third-order valence-corrected chi connectivity index (χ3v) is 5.03. The SMILES string of the molecule is CCCCCCCOCC12CCC(O1)C1C(=O)OC(=O)C12. The van der Waals surface area contributed by atoms with Gasteiger partial charge >= 0.3 is 11.9 Å². The van der Waals surface area contributed by atoms with Gasteiger partial charge in [-0.3, -0.25) is 9.59 Å². The van der Waals surface area contributed by atoms with E-state index in [-0.39, 0.29) is 12.0 Å². The van der Waals surface area contributed by atoms with Crippen LogP contribution in [0.1, 0.15) is 51.9 Å². The van der Waals surface area contributed by atoms with Gasteiger partial charge in [-0.15, -0.1) is 0 Å². The molecule has 5 heteroatoms. The minimum Gasteiger partial charge on any atom is -0.393 e. The molecule has 0 spiro atoms. The van der Waals surface area contributed by atoms with Crippen LogP contribution in [0.2, 0.25) is 0 Å². The number of fused-ring (bicyclic) bond motifs is 5. The molecule has 21 heavy (non-hydrogen) atoms. The number of cyclic esters (lactones) is 2. The molecule has 3 rings (SSSR count). The first kappa shape index (κ1) is 15.0. The second-order valence-electron chi connectivity index (χ2n) is 6.47. The first-order chi connectivity index (χ1) is 10.2. The Morgan fingerprint density at radius 2 is 2.00 bits per heavy atom. The van der Waals surface area contributed by atoms with E-state index in [9.17, 15) is 9.59 Å². The lowest BCUT2D eigenvalue weighted by atomic mass is 9.73. The molecule has 0 aromatic heterocycles. The highest BCUT2D eigenvalue weighted by Gasteiger charge is 2.69. The molecule has 4 atom stereocenters. The fraction of sp³-hybridized carbons (Fsp3) is 0.875. The largest absolute Gasteiger partial charge is 0.393 e. The highest BCUT2D eigenvalue weighted by atomic mass is 16.6. The van der Waals surface area contributed by atoms with Gasteiger partial charge in [0.1, 0.15) is 11.5 Å². The Morgan fingerprint density at radius 1 is 1.19 bits per heavy atom. The lowest BCUT2D eigenvalue weighted by molar-refractivity contribution is -0.161. The van der Waals surface area contributed by atoms with E-state index in [2.05, 4.69) is 6.92 Å². The predicted octanol–water partition coefficient (Wildman–Crippen LogP) is 2.22. The van der Waals surface area contributed by atoms with Crippen LogP contribution in [0.15, 0.2) is 0 Å². The lowest BCUT2D eigenvalue weighted by Crippen LogP contribution is -2.44. The smallest absolute Gasteiger partial charge is 0.320 e. The molecule has 0 aromatic rings. The van der Waals surface area contributed by atoms with E-state index in [4.69, 9.17) is 14.2 Å². The maximum Gasteiger partial charge on any atom is 0.320 e. The van der Waals surface area contributed by atoms with Gasteiger partial charge in [0.15, 0.2) is 0 Å². The fourth-order valence-corrected chi connectivity index (χ4v) is 3.96. The molecule has 3 aliphatic rings. The molecule has 118 valence electrons. The Hall–Kier alpha value is -0.940. The molecule has 0 aromatic carbocycles. The van der Waals surface area contributed by atoms with Crippen molar-refractivity contribution in [3.63, 3.8) is 0 Å². The van der Waals surface area contributed by atoms with E-state index in [1.165, 1.54) is 25.7 Å². The molecule has 2 bridgehead atoms. The second kappa shape index (κ2) is 6.05. The summed E-state index contributed by atoms with van der Waals surface area (Å²) in [6.45, 7) is 3.29. The molecular weight excluding hydrogens is 272 g/mol. The van der Waals surface area contributed by atoms with Crippen LogP contribution in [-0.4, -0.2) is 36.9 Å². The minimum atomic E-state index is -0.609. The highest BCUT2D eigenvalue weighted by molar-refractivity contribution is 5.98. The van der Waals surface area contributed by atoms with Crippen LogP contribution in [0.3, 0.4) is 0 Å². The minimum absolute atomic E-state index is 0.151. The number of esters is 2. The third-order valence-electron chi connectivity index (χ3n) is 5.03. The topological polar surface area (TPSA) is 61.8 Å². The van der Waals surface area contributed by atoms with Crippen molar-refractivity contribution in [2.45, 2.75) is 63.6 Å². The highest BCUT2D eigenvalue weighted by Crippen LogP contribution is 2.54. The van der Waals surface area contributed by atoms with Gasteiger partial charge in [0.2, 0.25) is 0 Å². The van der Waals surface area contributed by atoms with Crippen molar-refractivity contribution >= 4 is 11.9 Å². The van der Waals surface area contributed by atoms with Gasteiger partial charge < -0.3 is 14.2 Å². The van der Waals surface area contributed by atoms with E-state index in [1.54, 1.807) is 0 Å². The average molecular weight is 296 g/mol. The van der Waals surface area contributed by atoms with Crippen LogP contribution < -0.4 is 0 Å². The molecular formula is C16H24O5. The Labute approximate surface area is 125 Å². The van der Waals surface area contributed by atoms with E-state index < -0.39 is 23.5 Å². The van der Waals surface area contributed by atoms with Crippen LogP contribution in [0.4, 0.5) is 0 Å². The zero-order chi connectivity index (χ0) is 14.9. The zero-order valence-electron chi connectivity index (χ0n) is 12.6. The molecule has 0 aliphatic carbocycles. The maximum absolute atomic E-state index is 11.9. The molecule has 4 unspecified atom stereocenters. The number of rotatable bonds is 8. The van der Waals surface area contributed by atoms with Crippen molar-refractivity contribution in [1.29, 1.82) is 0 Å². The summed E-state index contributed by atoms with van der Waals surface area (Å²) in [6, 6.07) is 0. The van der Waals surface area contributed by atoms with Gasteiger partial charge in [-0.05, 0) is 19.3 Å². The van der Waals surface area contributed by atoms with Crippen molar-refractivity contribution in [2.75, 3.05) is 13.2 Å². The first-order valence-electron chi connectivity index (χ1n) is 8.19. The Balaban J connectivity index is 1.49. The van der Waals surface area contributed by atoms with Crippen LogP contribution in [-0.2, 0) is 23.8 Å². The molecule has 3 fully saturated rings. The first-order valence-corrected chi connectivity index (χ1v) is 8.19. The fourth-order valence-electron chi connectivity index (χ4n) is 3.96. The summed E-state index contributed by atoms with van der Waals surface area (Å²) >= 11 is 0. The number of hydrogen-bond acceptors (Lipinski definition) is 5. The lowest BCUT2D eigenvalue weighted by Gasteiger charge is -2.29. The van der Waals surface area contributed by atoms with E-state index in [1.807, 2.05) is 0 Å². The van der Waals surface area contributed by atoms with Gasteiger partial charge in [-0.1, -0.05) is 32.6 Å². The molecule has 3 heterocycles. The molecule has 0 saturated carbocycles. The van der Waals surface area contributed by atoms with Gasteiger partial charge in [0.05, 0.1) is 18.6 Å². The summed E-state index contributed by atoms with van der Waals surface area (Å²) in [5.41, 5.74) is -0.609. The summed E-state index contributed by atoms with van der Waals surface area (Å²) in [6.07, 6.45) is 7.43. The maximum atomic E-state index is 11.9. The Kier molecular flexibility index (Phi) is 4.31. The molecule has 0 radical (unpaired) electrons. The number of carbonyl (C=O) groups excluding carboxylic acids is 2. The zero-order valence-corrected chi connectivity index (χ0v) is 12.6. The van der Waals surface area contributed by atoms with Gasteiger partial charge in [0.25, 0.3) is 0 Å². The quantitative estimate of drug-likeness (QED) is 0.390. The summed E-state index contributed by atoms with van der Waals surface area (Å²) in [4.78, 5) is 23.6. The second-order valence-corrected chi connectivity index (χ2v) is 6.47. The van der Waals surface area contributed by atoms with Crippen LogP contribution in [0, 0.1) is 11.8 Å². The predicted molar refractivity (Wildman–Crippen MR) is 74.5 cm³/mol. The van der Waals surface area contributed by atoms with Crippen molar-refractivity contribution in [2.24, 2.45) is 11.8 Å². The van der Waals surface area contributed by atoms with Crippen molar-refractivity contribution in [3.05, 3.63) is 0 Å². The molecule has 3 aliphatic heterocycles. The van der Waals surface area contributed by atoms with Gasteiger partial charge in [0, 0.05) is 6.61 Å². The summed E-state index contributed by atoms with van der Waals surface area (Å²) in [5, 5.41) is 0. The standard InChI is InChI=1S/C16H24O5/c1-2-3-4-5-6-9-19-10-16-8-7-11(21-16)12-13(16)15(18)20-14(12)17/h11-13H,2-10H2,1H3. The number of carbonyl (C=O) groups is 2. The van der Waals surface area contributed by atoms with Crippen LogP contribution in [0.25, 0.3) is 0 Å². The van der Waals surface area contributed by atoms with Crippen LogP contribution >= 0.6 is 0 Å². The molecule has 0 amide bonds. The van der Waals surface area contributed by atoms with E-state index in [0.717, 1.165) is 19.3 Å². The summed E-state index contributed by atoms with van der Waals surface area (Å²) < 4.78 is 16.5. The van der Waals surface area contributed by atoms with E-state index in [0.29, 0.717) is 13.2 Å². The van der Waals surface area contributed by atoms with Gasteiger partial charge in [-0.2, -0.15) is 0 Å². The molecule has 0 N–H and O–H groups in total. The van der Waals surface area contributed by atoms with Crippen molar-refractivity contribution in [3.8, 4) is 0 Å². The normalized spacial score (nSPS) is 37.1. The van der Waals surface area contributed by atoms with Crippen molar-refractivity contribution < 1.29 is 23.8 Å². The Morgan fingerprint density at radius 3 is 2.81 bits per heavy atom. The van der Waals surface area contributed by atoms with Crippen LogP contribution in [0.5, 0.6) is 0 Å². The average Bonchev–Trinajstić information content (AvgIpc) is 3.10. The Bertz CT molecular complexity index is 421. The summed E-state index contributed by atoms with van der Waals surface area (Å²) in [5.74, 6) is -1.65. The van der Waals surface area contributed by atoms with Gasteiger partial charge in [-0.25, -0.2) is 0 Å².